The Morgan fingerprint density at radius 2 is 2.12 bits per heavy atom. The molecule has 0 amide bonds. The highest BCUT2D eigenvalue weighted by molar-refractivity contribution is 7.12. The molecule has 2 aromatic rings. The summed E-state index contributed by atoms with van der Waals surface area (Å²) in [7, 11) is 0. The van der Waals surface area contributed by atoms with Crippen molar-refractivity contribution in [2.75, 3.05) is 6.54 Å². The highest BCUT2D eigenvalue weighted by atomic mass is 32.1. The van der Waals surface area contributed by atoms with Crippen molar-refractivity contribution < 1.29 is 0 Å². The monoisotopic (exact) mass is 265 g/mol. The zero-order valence-electron chi connectivity index (χ0n) is 10.4. The van der Waals surface area contributed by atoms with E-state index in [1.54, 1.807) is 0 Å². The van der Waals surface area contributed by atoms with Crippen LogP contribution in [0.25, 0.3) is 0 Å². The van der Waals surface area contributed by atoms with Gasteiger partial charge < -0.3 is 5.32 Å². The maximum Gasteiger partial charge on any atom is 0.0386 e. The molecular formula is C14H19NS2. The van der Waals surface area contributed by atoms with E-state index in [2.05, 4.69) is 48.8 Å². The van der Waals surface area contributed by atoms with E-state index in [-0.39, 0.29) is 0 Å². The minimum Gasteiger partial charge on any atom is -0.309 e. The third-order valence-electron chi connectivity index (χ3n) is 2.86. The van der Waals surface area contributed by atoms with E-state index in [1.165, 1.54) is 14.6 Å². The fourth-order valence-corrected chi connectivity index (χ4v) is 3.47. The van der Waals surface area contributed by atoms with Gasteiger partial charge in [0.05, 0.1) is 0 Å². The van der Waals surface area contributed by atoms with Gasteiger partial charge in [0.1, 0.15) is 0 Å². The second kappa shape index (κ2) is 6.34. The Kier molecular flexibility index (Phi) is 4.77. The number of nitrogens with one attached hydrogen (secondary N) is 1. The van der Waals surface area contributed by atoms with Gasteiger partial charge in [-0.25, -0.2) is 0 Å². The fraction of sp³-hybridized carbons (Fsp3) is 0.429. The summed E-state index contributed by atoms with van der Waals surface area (Å²) in [5, 5.41) is 5.74. The van der Waals surface area contributed by atoms with Crippen molar-refractivity contribution in [3.05, 3.63) is 44.3 Å². The summed E-state index contributed by atoms with van der Waals surface area (Å²) in [6, 6.07) is 9.30. The zero-order valence-corrected chi connectivity index (χ0v) is 12.0. The first-order valence-electron chi connectivity index (χ1n) is 6.14. The Hall–Kier alpha value is -0.640. The summed E-state index contributed by atoms with van der Waals surface area (Å²) in [6.07, 6.45) is 2.28. The lowest BCUT2D eigenvalue weighted by Gasteiger charge is -2.11. The normalized spacial score (nSPS) is 12.8. The first-order valence-corrected chi connectivity index (χ1v) is 7.83. The Balaban J connectivity index is 1.78. The van der Waals surface area contributed by atoms with Crippen molar-refractivity contribution in [1.29, 1.82) is 0 Å². The van der Waals surface area contributed by atoms with Crippen LogP contribution in [0.1, 0.15) is 34.5 Å². The smallest absolute Gasteiger partial charge is 0.0386 e. The van der Waals surface area contributed by atoms with Gasteiger partial charge in [0.15, 0.2) is 0 Å². The molecule has 0 aliphatic heterocycles. The average Bonchev–Trinajstić information content (AvgIpc) is 2.99. The fourth-order valence-electron chi connectivity index (χ4n) is 1.78. The third-order valence-corrected chi connectivity index (χ3v) is 5.21. The number of aryl methyl sites for hydroxylation is 1. The first-order chi connectivity index (χ1) is 8.29. The highest BCUT2D eigenvalue weighted by Gasteiger charge is 2.07. The molecule has 0 spiro atoms. The molecule has 1 nitrogen and oxygen atoms in total. The molecule has 0 radical (unpaired) electrons. The molecule has 3 heteroatoms. The molecule has 1 unspecified atom stereocenters. The Bertz CT molecular complexity index is 431. The Morgan fingerprint density at radius 1 is 1.24 bits per heavy atom. The van der Waals surface area contributed by atoms with Crippen LogP contribution < -0.4 is 5.32 Å². The van der Waals surface area contributed by atoms with Crippen LogP contribution in [0.3, 0.4) is 0 Å². The Labute approximate surface area is 112 Å². The van der Waals surface area contributed by atoms with Gasteiger partial charge in [-0.15, -0.1) is 22.7 Å². The molecule has 0 saturated carbocycles. The van der Waals surface area contributed by atoms with Crippen LogP contribution >= 0.6 is 22.7 Å². The lowest BCUT2D eigenvalue weighted by Crippen LogP contribution is -2.20. The molecule has 1 N–H and O–H groups in total. The van der Waals surface area contributed by atoms with Crippen molar-refractivity contribution >= 4 is 22.7 Å². The number of rotatable bonds is 6. The molecule has 2 aromatic heterocycles. The molecule has 0 bridgehead atoms. The van der Waals surface area contributed by atoms with Crippen molar-refractivity contribution in [3.63, 3.8) is 0 Å². The topological polar surface area (TPSA) is 12.0 Å². The predicted molar refractivity (Wildman–Crippen MR) is 78.1 cm³/mol. The highest BCUT2D eigenvalue weighted by Crippen LogP contribution is 2.23. The molecule has 1 atom stereocenters. The summed E-state index contributed by atoms with van der Waals surface area (Å²) in [6.45, 7) is 5.52. The maximum atomic E-state index is 3.59. The van der Waals surface area contributed by atoms with Gasteiger partial charge >= 0.3 is 0 Å². The summed E-state index contributed by atoms with van der Waals surface area (Å²) < 4.78 is 0. The second-order valence-corrected chi connectivity index (χ2v) is 6.39. The lowest BCUT2D eigenvalue weighted by molar-refractivity contribution is 0.586. The largest absolute Gasteiger partial charge is 0.309 e. The van der Waals surface area contributed by atoms with Crippen LogP contribution in [0.5, 0.6) is 0 Å². The predicted octanol–water partition coefficient (Wildman–Crippen LogP) is 4.27. The van der Waals surface area contributed by atoms with E-state index in [0.717, 1.165) is 19.4 Å². The van der Waals surface area contributed by atoms with Crippen molar-refractivity contribution in [2.45, 2.75) is 32.7 Å². The van der Waals surface area contributed by atoms with E-state index in [9.17, 15) is 0 Å². The summed E-state index contributed by atoms with van der Waals surface area (Å²) in [5.41, 5.74) is 0. The molecule has 2 heterocycles. The quantitative estimate of drug-likeness (QED) is 0.822. The van der Waals surface area contributed by atoms with E-state index in [1.807, 2.05) is 22.7 Å². The maximum absolute atomic E-state index is 3.59. The second-order valence-electron chi connectivity index (χ2n) is 4.16. The molecule has 0 aliphatic carbocycles. The zero-order chi connectivity index (χ0) is 12.1. The van der Waals surface area contributed by atoms with Gasteiger partial charge in [0, 0.05) is 27.2 Å². The first kappa shape index (κ1) is 12.8. The van der Waals surface area contributed by atoms with Gasteiger partial charge in [0.25, 0.3) is 0 Å². The summed E-state index contributed by atoms with van der Waals surface area (Å²) in [4.78, 5) is 4.39. The van der Waals surface area contributed by atoms with Crippen LogP contribution in [-0.4, -0.2) is 6.54 Å². The van der Waals surface area contributed by atoms with Gasteiger partial charge in [-0.3, -0.25) is 0 Å². The van der Waals surface area contributed by atoms with Crippen LogP contribution in [0.15, 0.2) is 29.6 Å². The SMILES string of the molecule is CCc1ccc(C(C)NCCc2cccs2)s1. The van der Waals surface area contributed by atoms with E-state index in [4.69, 9.17) is 0 Å². The lowest BCUT2D eigenvalue weighted by atomic mass is 10.2. The van der Waals surface area contributed by atoms with Crippen LogP contribution in [0, 0.1) is 0 Å². The van der Waals surface area contributed by atoms with Gasteiger partial charge in [-0.2, -0.15) is 0 Å². The molecule has 17 heavy (non-hydrogen) atoms. The van der Waals surface area contributed by atoms with Gasteiger partial charge in [0.2, 0.25) is 0 Å². The molecule has 0 aromatic carbocycles. The van der Waals surface area contributed by atoms with Crippen LogP contribution in [0.4, 0.5) is 0 Å². The van der Waals surface area contributed by atoms with Crippen molar-refractivity contribution in [2.24, 2.45) is 0 Å². The molecule has 0 saturated heterocycles. The molecular weight excluding hydrogens is 246 g/mol. The van der Waals surface area contributed by atoms with Crippen molar-refractivity contribution in [1.82, 2.24) is 5.32 Å². The standard InChI is InChI=1S/C14H19NS2/c1-3-12-6-7-14(17-12)11(2)15-9-8-13-5-4-10-16-13/h4-7,10-11,15H,3,8-9H2,1-2H3. The number of hydrogen-bond acceptors (Lipinski definition) is 3. The average molecular weight is 265 g/mol. The van der Waals surface area contributed by atoms with Crippen molar-refractivity contribution in [3.8, 4) is 0 Å². The van der Waals surface area contributed by atoms with Crippen LogP contribution in [0.2, 0.25) is 0 Å². The summed E-state index contributed by atoms with van der Waals surface area (Å²) in [5.74, 6) is 0. The van der Waals surface area contributed by atoms with Crippen LogP contribution in [-0.2, 0) is 12.8 Å². The Morgan fingerprint density at radius 3 is 2.76 bits per heavy atom. The minimum absolute atomic E-state index is 0.472. The van der Waals surface area contributed by atoms with Gasteiger partial charge in [-0.05, 0) is 43.3 Å². The van der Waals surface area contributed by atoms with E-state index < -0.39 is 0 Å². The minimum atomic E-state index is 0.472. The third kappa shape index (κ3) is 3.66. The molecule has 0 aliphatic rings. The van der Waals surface area contributed by atoms with Gasteiger partial charge in [-0.1, -0.05) is 13.0 Å². The number of thiophene rings is 2. The van der Waals surface area contributed by atoms with E-state index >= 15 is 0 Å². The molecule has 2 rings (SSSR count). The molecule has 92 valence electrons. The molecule has 0 fully saturated rings. The number of hydrogen-bond donors (Lipinski definition) is 1. The summed E-state index contributed by atoms with van der Waals surface area (Å²) >= 11 is 3.77. The van der Waals surface area contributed by atoms with E-state index in [0.29, 0.717) is 6.04 Å².